The number of ether oxygens (including phenoxy) is 1. The molecule has 1 aliphatic carbocycles. The lowest BCUT2D eigenvalue weighted by atomic mass is 9.70. The highest BCUT2D eigenvalue weighted by Gasteiger charge is 2.37. The number of carbonyl (C=O) groups is 1. The van der Waals surface area contributed by atoms with E-state index in [1.165, 1.54) is 12.1 Å². The Labute approximate surface area is 200 Å². The Morgan fingerprint density at radius 2 is 1.82 bits per heavy atom. The van der Waals surface area contributed by atoms with Crippen LogP contribution in [0.5, 0.6) is 0 Å². The number of benzene rings is 1. The second kappa shape index (κ2) is 13.4. The van der Waals surface area contributed by atoms with Crippen LogP contribution in [0, 0.1) is 17.0 Å². The van der Waals surface area contributed by atoms with Gasteiger partial charge in [0.05, 0.1) is 5.76 Å². The van der Waals surface area contributed by atoms with E-state index in [0.29, 0.717) is 17.6 Å². The van der Waals surface area contributed by atoms with Crippen molar-refractivity contribution < 1.29 is 18.3 Å². The van der Waals surface area contributed by atoms with Gasteiger partial charge in [0.25, 0.3) is 0 Å². The van der Waals surface area contributed by atoms with Crippen LogP contribution in [0.3, 0.4) is 0 Å². The van der Waals surface area contributed by atoms with Crippen molar-refractivity contribution in [1.29, 1.82) is 0 Å². The summed E-state index contributed by atoms with van der Waals surface area (Å²) in [5, 5.41) is 0. The zero-order valence-corrected chi connectivity index (χ0v) is 22.2. The third-order valence-electron chi connectivity index (χ3n) is 5.29. The van der Waals surface area contributed by atoms with Gasteiger partial charge in [0.15, 0.2) is 17.4 Å². The Bertz CT molecular complexity index is 865. The van der Waals surface area contributed by atoms with Crippen molar-refractivity contribution in [1.82, 2.24) is 0 Å². The molecule has 0 spiro atoms. The molecule has 0 saturated heterocycles. The average molecular weight is 464 g/mol. The van der Waals surface area contributed by atoms with E-state index in [-0.39, 0.29) is 22.7 Å². The predicted molar refractivity (Wildman–Crippen MR) is 136 cm³/mol. The number of nitrogens with zero attached hydrogens (tertiary/aromatic N) is 1. The fourth-order valence-corrected chi connectivity index (χ4v) is 3.69. The minimum absolute atomic E-state index is 0.0541. The van der Waals surface area contributed by atoms with Crippen LogP contribution in [-0.4, -0.2) is 17.6 Å². The summed E-state index contributed by atoms with van der Waals surface area (Å²) in [6, 6.07) is 3.80. The number of allylic oxidation sites excluding steroid dienone is 3. The highest BCUT2D eigenvalue weighted by Crippen LogP contribution is 2.44. The number of carbonyl (C=O) groups excluding carboxylic acids is 1. The lowest BCUT2D eigenvalue weighted by molar-refractivity contribution is -0.118. The zero-order chi connectivity index (χ0) is 26.0. The van der Waals surface area contributed by atoms with E-state index in [0.717, 1.165) is 30.4 Å². The third-order valence-corrected chi connectivity index (χ3v) is 5.29. The van der Waals surface area contributed by atoms with Gasteiger partial charge in [-0.15, -0.1) is 0 Å². The van der Waals surface area contributed by atoms with Gasteiger partial charge in [-0.2, -0.15) is 0 Å². The van der Waals surface area contributed by atoms with Crippen LogP contribution >= 0.6 is 0 Å². The van der Waals surface area contributed by atoms with Gasteiger partial charge in [-0.25, -0.2) is 8.78 Å². The minimum atomic E-state index is -0.892. The second-order valence-electron chi connectivity index (χ2n) is 9.50. The van der Waals surface area contributed by atoms with Crippen LogP contribution in [0.4, 0.5) is 8.78 Å². The molecule has 0 saturated carbocycles. The van der Waals surface area contributed by atoms with Crippen LogP contribution in [0.1, 0.15) is 100.0 Å². The molecule has 0 aromatic heterocycles. The first-order valence-corrected chi connectivity index (χ1v) is 11.8. The van der Waals surface area contributed by atoms with Crippen LogP contribution in [0.25, 0.3) is 0 Å². The second-order valence-corrected chi connectivity index (χ2v) is 9.50. The molecule has 0 amide bonds. The summed E-state index contributed by atoms with van der Waals surface area (Å²) in [6.07, 6.45) is 3.77. The van der Waals surface area contributed by atoms with Crippen molar-refractivity contribution in [3.05, 3.63) is 59.0 Å². The molecule has 0 fully saturated rings. The summed E-state index contributed by atoms with van der Waals surface area (Å²) in [5.74, 6) is -1.25. The van der Waals surface area contributed by atoms with Crippen molar-refractivity contribution >= 4 is 12.0 Å². The first-order valence-electron chi connectivity index (χ1n) is 11.8. The number of ketones is 1. The Kier molecular flexibility index (Phi) is 12.5. The normalized spacial score (nSPS) is 19.3. The Hall–Kier alpha value is -2.30. The number of Topliss-reactive ketones (excluding diaryl/α,β-unsaturated/α-hetero) is 1. The van der Waals surface area contributed by atoms with Crippen molar-refractivity contribution in [3.63, 3.8) is 0 Å². The summed E-state index contributed by atoms with van der Waals surface area (Å²) < 4.78 is 31.9. The number of hydrogen-bond acceptors (Lipinski definition) is 3. The molecule has 0 heterocycles. The lowest BCUT2D eigenvalue weighted by Gasteiger charge is -2.35. The van der Waals surface area contributed by atoms with Crippen molar-refractivity contribution in [2.24, 2.45) is 10.4 Å². The summed E-state index contributed by atoms with van der Waals surface area (Å²) in [5.41, 5.74) is 1.82. The smallest absolute Gasteiger partial charge is 0.161 e. The van der Waals surface area contributed by atoms with E-state index >= 15 is 0 Å². The molecule has 0 N–H and O–H groups in total. The van der Waals surface area contributed by atoms with Crippen LogP contribution < -0.4 is 0 Å². The van der Waals surface area contributed by atoms with Gasteiger partial charge < -0.3 is 4.74 Å². The van der Waals surface area contributed by atoms with Gasteiger partial charge in [0.1, 0.15) is 5.60 Å². The van der Waals surface area contributed by atoms with Gasteiger partial charge in [-0.3, -0.25) is 9.79 Å². The quantitative estimate of drug-likeness (QED) is 0.324. The first-order chi connectivity index (χ1) is 15.2. The monoisotopic (exact) mass is 463 g/mol. The molecule has 2 atom stereocenters. The number of rotatable bonds is 5. The highest BCUT2D eigenvalue weighted by atomic mass is 19.2. The predicted octanol–water partition coefficient (Wildman–Crippen LogP) is 8.55. The zero-order valence-electron chi connectivity index (χ0n) is 22.2. The van der Waals surface area contributed by atoms with Gasteiger partial charge in [0, 0.05) is 29.8 Å². The molecule has 33 heavy (non-hydrogen) atoms. The van der Waals surface area contributed by atoms with E-state index in [1.807, 2.05) is 55.4 Å². The number of aliphatic imine (C=N–C) groups is 1. The maximum Gasteiger partial charge on any atom is 0.161 e. The maximum atomic E-state index is 13.5. The molecular formula is C28H43F2NO2. The third kappa shape index (κ3) is 10.0. The van der Waals surface area contributed by atoms with Gasteiger partial charge in [0.2, 0.25) is 0 Å². The SMILES string of the molecule is C=C(C)OC(C)(C)C.CC.CC=NC1=C(C(C)c2ccc(F)c(F)c2)C(=O)CC(C)(CC)C1. The fourth-order valence-electron chi connectivity index (χ4n) is 3.69. The molecule has 1 aromatic rings. The fraction of sp³-hybridized carbons (Fsp3) is 0.571. The summed E-state index contributed by atoms with van der Waals surface area (Å²) in [7, 11) is 0. The number of halogens is 2. The van der Waals surface area contributed by atoms with E-state index in [1.54, 1.807) is 6.21 Å². The van der Waals surface area contributed by atoms with E-state index < -0.39 is 11.6 Å². The first kappa shape index (κ1) is 30.7. The van der Waals surface area contributed by atoms with Crippen LogP contribution in [0.2, 0.25) is 0 Å². The largest absolute Gasteiger partial charge is 0.493 e. The topological polar surface area (TPSA) is 38.7 Å². The molecule has 0 aliphatic heterocycles. The number of hydrogen-bond donors (Lipinski definition) is 0. The molecule has 1 aromatic carbocycles. The Balaban J connectivity index is 0.000000868. The standard InChI is InChI=1S/C19H23F2NO.C7H14O.C2H6/c1-5-19(4)10-16(22-6-2)18(17(23)11-19)12(3)13-7-8-14(20)15(21)9-13;1-6(2)8-7(3,4)5;1-2/h6-9,12H,5,10-11H2,1-4H3;1H2,2-5H3;1-2H3. The summed E-state index contributed by atoms with van der Waals surface area (Å²) in [6.45, 7) is 23.3. The summed E-state index contributed by atoms with van der Waals surface area (Å²) >= 11 is 0. The van der Waals surface area contributed by atoms with E-state index in [4.69, 9.17) is 4.74 Å². The highest BCUT2D eigenvalue weighted by molar-refractivity contribution is 5.99. The van der Waals surface area contributed by atoms with Gasteiger partial charge in [-0.1, -0.05) is 47.3 Å². The average Bonchev–Trinajstić information content (AvgIpc) is 2.70. The Morgan fingerprint density at radius 3 is 2.21 bits per heavy atom. The van der Waals surface area contributed by atoms with Crippen molar-refractivity contribution in [3.8, 4) is 0 Å². The van der Waals surface area contributed by atoms with E-state index in [2.05, 4.69) is 25.4 Å². The molecule has 1 aliphatic rings. The van der Waals surface area contributed by atoms with Gasteiger partial charge in [-0.05, 0) is 70.6 Å². The molecule has 5 heteroatoms. The molecule has 0 bridgehead atoms. The molecule has 2 unspecified atom stereocenters. The van der Waals surface area contributed by atoms with Crippen molar-refractivity contribution in [2.45, 2.75) is 100 Å². The van der Waals surface area contributed by atoms with Crippen LogP contribution in [0.15, 0.2) is 46.8 Å². The Morgan fingerprint density at radius 1 is 1.24 bits per heavy atom. The lowest BCUT2D eigenvalue weighted by Crippen LogP contribution is -2.29. The maximum absolute atomic E-state index is 13.5. The van der Waals surface area contributed by atoms with Crippen molar-refractivity contribution in [2.75, 3.05) is 0 Å². The molecule has 186 valence electrons. The molecule has 3 nitrogen and oxygen atoms in total. The molecular weight excluding hydrogens is 420 g/mol. The molecule has 2 rings (SSSR count). The van der Waals surface area contributed by atoms with Gasteiger partial charge >= 0.3 is 0 Å². The minimum Gasteiger partial charge on any atom is -0.493 e. The summed E-state index contributed by atoms with van der Waals surface area (Å²) in [4.78, 5) is 17.1. The molecule has 0 radical (unpaired) electrons. The van der Waals surface area contributed by atoms with Crippen LogP contribution in [-0.2, 0) is 9.53 Å². The van der Waals surface area contributed by atoms with E-state index in [9.17, 15) is 13.6 Å².